The highest BCUT2D eigenvalue weighted by molar-refractivity contribution is 5.76. The van der Waals surface area contributed by atoms with E-state index >= 15 is 0 Å². The van der Waals surface area contributed by atoms with E-state index in [1.54, 1.807) is 0 Å². The van der Waals surface area contributed by atoms with Crippen molar-refractivity contribution in [2.45, 2.75) is 44.1 Å². The van der Waals surface area contributed by atoms with Crippen LogP contribution in [0.4, 0.5) is 0 Å². The fourth-order valence-electron chi connectivity index (χ4n) is 2.86. The van der Waals surface area contributed by atoms with E-state index in [1.165, 1.54) is 0 Å². The van der Waals surface area contributed by atoms with E-state index in [2.05, 4.69) is 15.5 Å². The lowest BCUT2D eigenvalue weighted by atomic mass is 10.0. The first-order valence-corrected chi connectivity index (χ1v) is 8.13. The summed E-state index contributed by atoms with van der Waals surface area (Å²) in [5, 5.41) is 7.05. The molecule has 0 unspecified atom stereocenters. The van der Waals surface area contributed by atoms with Gasteiger partial charge in [0.15, 0.2) is 5.82 Å². The van der Waals surface area contributed by atoms with E-state index in [-0.39, 0.29) is 11.9 Å². The average Bonchev–Trinajstić information content (AvgIpc) is 3.32. The maximum absolute atomic E-state index is 12.2. The molecule has 1 amide bonds. The molecule has 1 saturated carbocycles. The number of fused-ring (bicyclic) bond motifs is 1. The lowest BCUT2D eigenvalue weighted by Gasteiger charge is -2.26. The number of carbonyl (C=O) groups is 1. The van der Waals surface area contributed by atoms with Gasteiger partial charge in [-0.15, -0.1) is 0 Å². The molecule has 0 radical (unpaired) electrons. The zero-order valence-electron chi connectivity index (χ0n) is 12.8. The number of carbonyl (C=O) groups excluding carboxylic acids is 1. The molecule has 0 spiro atoms. The second-order valence-corrected chi connectivity index (χ2v) is 6.12. The van der Waals surface area contributed by atoms with Crippen LogP contribution in [0.1, 0.15) is 54.9 Å². The molecule has 6 nitrogen and oxygen atoms in total. The summed E-state index contributed by atoms with van der Waals surface area (Å²) in [6, 6.07) is 7.85. The topological polar surface area (TPSA) is 77.2 Å². The molecule has 1 fully saturated rings. The summed E-state index contributed by atoms with van der Waals surface area (Å²) >= 11 is 0. The molecule has 1 aliphatic carbocycles. The number of benzene rings is 1. The molecule has 1 N–H and O–H groups in total. The maximum Gasteiger partial charge on any atom is 0.227 e. The Balaban J connectivity index is 1.33. The Labute approximate surface area is 134 Å². The molecule has 2 heterocycles. The van der Waals surface area contributed by atoms with Gasteiger partial charge in [-0.05, 0) is 18.9 Å². The van der Waals surface area contributed by atoms with Crippen LogP contribution in [0.2, 0.25) is 0 Å². The number of aryl methyl sites for hydroxylation is 1. The highest BCUT2D eigenvalue weighted by Crippen LogP contribution is 2.38. The summed E-state index contributed by atoms with van der Waals surface area (Å²) in [4.78, 5) is 16.6. The van der Waals surface area contributed by atoms with Crippen LogP contribution in [0.15, 0.2) is 28.8 Å². The lowest BCUT2D eigenvalue weighted by molar-refractivity contribution is -0.122. The normalized spacial score (nSPS) is 19.7. The van der Waals surface area contributed by atoms with E-state index in [0.717, 1.165) is 36.4 Å². The van der Waals surface area contributed by atoms with Crippen molar-refractivity contribution >= 4 is 5.91 Å². The van der Waals surface area contributed by atoms with Crippen LogP contribution in [-0.2, 0) is 11.2 Å². The van der Waals surface area contributed by atoms with Crippen LogP contribution in [0.3, 0.4) is 0 Å². The summed E-state index contributed by atoms with van der Waals surface area (Å²) < 4.78 is 10.8. The van der Waals surface area contributed by atoms with Gasteiger partial charge in [-0.3, -0.25) is 4.79 Å². The molecular formula is C17H19N3O3. The number of nitrogens with zero attached hydrogens (tertiary/aromatic N) is 2. The highest BCUT2D eigenvalue weighted by Gasteiger charge is 2.29. The van der Waals surface area contributed by atoms with Crippen molar-refractivity contribution in [3.05, 3.63) is 41.5 Å². The first-order valence-electron chi connectivity index (χ1n) is 8.13. The van der Waals surface area contributed by atoms with Crippen molar-refractivity contribution in [3.63, 3.8) is 0 Å². The van der Waals surface area contributed by atoms with Gasteiger partial charge in [0.2, 0.25) is 11.8 Å². The second kappa shape index (κ2) is 6.02. The molecule has 4 rings (SSSR count). The van der Waals surface area contributed by atoms with Gasteiger partial charge >= 0.3 is 0 Å². The Morgan fingerprint density at radius 2 is 2.13 bits per heavy atom. The van der Waals surface area contributed by atoms with Crippen LogP contribution in [0.25, 0.3) is 0 Å². The number of amides is 1. The van der Waals surface area contributed by atoms with Crippen LogP contribution in [0, 0.1) is 0 Å². The summed E-state index contributed by atoms with van der Waals surface area (Å²) in [5.41, 5.74) is 1.04. The fourth-order valence-corrected chi connectivity index (χ4v) is 2.86. The van der Waals surface area contributed by atoms with Crippen molar-refractivity contribution in [1.82, 2.24) is 15.5 Å². The van der Waals surface area contributed by atoms with Gasteiger partial charge in [0.1, 0.15) is 5.75 Å². The number of aromatic nitrogens is 2. The summed E-state index contributed by atoms with van der Waals surface area (Å²) in [7, 11) is 0. The van der Waals surface area contributed by atoms with E-state index in [9.17, 15) is 4.79 Å². The van der Waals surface area contributed by atoms with E-state index in [0.29, 0.717) is 31.3 Å². The van der Waals surface area contributed by atoms with Crippen molar-refractivity contribution in [3.8, 4) is 5.75 Å². The molecule has 1 atom stereocenters. The molecule has 23 heavy (non-hydrogen) atoms. The van der Waals surface area contributed by atoms with E-state index in [4.69, 9.17) is 9.26 Å². The number of hydrogen-bond acceptors (Lipinski definition) is 5. The number of ether oxygens (including phenoxy) is 1. The molecule has 2 aromatic rings. The molecular weight excluding hydrogens is 294 g/mol. The largest absolute Gasteiger partial charge is 0.493 e. The third-order valence-electron chi connectivity index (χ3n) is 4.29. The van der Waals surface area contributed by atoms with Crippen molar-refractivity contribution < 1.29 is 14.1 Å². The summed E-state index contributed by atoms with van der Waals surface area (Å²) in [6.07, 6.45) is 3.91. The maximum atomic E-state index is 12.2. The molecule has 1 aliphatic heterocycles. The summed E-state index contributed by atoms with van der Waals surface area (Å²) in [5.74, 6) is 2.67. The molecule has 2 aliphatic rings. The predicted octanol–water partition coefficient (Wildman–Crippen LogP) is 2.52. The summed E-state index contributed by atoms with van der Waals surface area (Å²) in [6.45, 7) is 0.621. The minimum absolute atomic E-state index is 0.00197. The van der Waals surface area contributed by atoms with E-state index < -0.39 is 0 Å². The van der Waals surface area contributed by atoms with Gasteiger partial charge in [-0.1, -0.05) is 23.4 Å². The molecule has 1 aromatic heterocycles. The number of nitrogens with one attached hydrogen (secondary N) is 1. The van der Waals surface area contributed by atoms with Gasteiger partial charge in [0.05, 0.1) is 12.6 Å². The highest BCUT2D eigenvalue weighted by atomic mass is 16.5. The molecule has 6 heteroatoms. The molecule has 0 saturated heterocycles. The smallest absolute Gasteiger partial charge is 0.227 e. The number of hydrogen-bond donors (Lipinski definition) is 1. The third kappa shape index (κ3) is 3.21. The Hall–Kier alpha value is -2.37. The number of para-hydroxylation sites is 1. The van der Waals surface area contributed by atoms with Crippen molar-refractivity contribution in [2.24, 2.45) is 0 Å². The monoisotopic (exact) mass is 313 g/mol. The predicted molar refractivity (Wildman–Crippen MR) is 82.0 cm³/mol. The van der Waals surface area contributed by atoms with Crippen LogP contribution < -0.4 is 10.1 Å². The quantitative estimate of drug-likeness (QED) is 0.918. The van der Waals surface area contributed by atoms with Crippen LogP contribution in [-0.4, -0.2) is 22.7 Å². The van der Waals surface area contributed by atoms with Gasteiger partial charge in [0, 0.05) is 30.7 Å². The van der Waals surface area contributed by atoms with Gasteiger partial charge in [0.25, 0.3) is 0 Å². The Bertz CT molecular complexity index is 709. The van der Waals surface area contributed by atoms with Crippen molar-refractivity contribution in [1.29, 1.82) is 0 Å². The Kier molecular flexibility index (Phi) is 3.73. The lowest BCUT2D eigenvalue weighted by Crippen LogP contribution is -2.32. The van der Waals surface area contributed by atoms with Crippen LogP contribution >= 0.6 is 0 Å². The SMILES string of the molecule is O=C(CCc1nc(C2CC2)no1)N[C@@H]1CCOc2ccccc21. The molecule has 0 bridgehead atoms. The Morgan fingerprint density at radius 3 is 3.00 bits per heavy atom. The van der Waals surface area contributed by atoms with Crippen LogP contribution in [0.5, 0.6) is 5.75 Å². The Morgan fingerprint density at radius 1 is 1.26 bits per heavy atom. The fraction of sp³-hybridized carbons (Fsp3) is 0.471. The van der Waals surface area contributed by atoms with Gasteiger partial charge < -0.3 is 14.6 Å². The first kappa shape index (κ1) is 14.2. The second-order valence-electron chi connectivity index (χ2n) is 6.12. The minimum atomic E-state index is -0.00197. The standard InChI is InChI=1S/C17H19N3O3/c21-15(7-8-16-19-17(20-23-16)11-5-6-11)18-13-9-10-22-14-4-2-1-3-12(13)14/h1-4,11,13H,5-10H2,(H,18,21)/t13-/m1/s1. The van der Waals surface area contributed by atoms with Crippen molar-refractivity contribution in [2.75, 3.05) is 6.61 Å². The average molecular weight is 313 g/mol. The van der Waals surface area contributed by atoms with Gasteiger partial charge in [-0.25, -0.2) is 0 Å². The first-order chi connectivity index (χ1) is 11.3. The zero-order valence-corrected chi connectivity index (χ0v) is 12.8. The minimum Gasteiger partial charge on any atom is -0.493 e. The van der Waals surface area contributed by atoms with E-state index in [1.807, 2.05) is 24.3 Å². The zero-order chi connectivity index (χ0) is 15.6. The molecule has 120 valence electrons. The molecule has 1 aromatic carbocycles. The van der Waals surface area contributed by atoms with Gasteiger partial charge in [-0.2, -0.15) is 4.98 Å². The third-order valence-corrected chi connectivity index (χ3v) is 4.29. The number of rotatable bonds is 5.